The average Bonchev–Trinajstić information content (AvgIpc) is 2.35. The van der Waals surface area contributed by atoms with E-state index in [1.165, 1.54) is 13.0 Å². The molecule has 1 unspecified atom stereocenters. The second-order valence-corrected chi connectivity index (χ2v) is 4.24. The maximum Gasteiger partial charge on any atom is 0.303 e. The molecule has 0 spiro atoms. The van der Waals surface area contributed by atoms with Crippen molar-refractivity contribution < 1.29 is 38.1 Å². The molecule has 1 heterocycles. The molecule has 1 saturated heterocycles. The van der Waals surface area contributed by atoms with Gasteiger partial charge in [0.15, 0.2) is 18.3 Å². The van der Waals surface area contributed by atoms with Crippen molar-refractivity contribution >= 4 is 24.0 Å². The number of isocyanates is 1. The Balaban J connectivity index is 3.05. The molecule has 4 atom stereocenters. The van der Waals surface area contributed by atoms with Crippen LogP contribution in [0.3, 0.4) is 0 Å². The molecule has 0 aromatic rings. The summed E-state index contributed by atoms with van der Waals surface area (Å²) in [7, 11) is 0. The average molecular weight is 301 g/mol. The lowest BCUT2D eigenvalue weighted by Gasteiger charge is -2.38. The zero-order valence-electron chi connectivity index (χ0n) is 11.7. The fourth-order valence-electron chi connectivity index (χ4n) is 1.89. The largest absolute Gasteiger partial charge is 0.456 e. The molecule has 0 aromatic carbocycles. The molecular formula is C12H15NO8. The minimum absolute atomic E-state index is 0.175. The monoisotopic (exact) mass is 301 g/mol. The van der Waals surface area contributed by atoms with Gasteiger partial charge in [-0.2, -0.15) is 4.99 Å². The van der Waals surface area contributed by atoms with Crippen LogP contribution in [0.15, 0.2) is 4.99 Å². The van der Waals surface area contributed by atoms with Gasteiger partial charge in [-0.25, -0.2) is 4.79 Å². The highest BCUT2D eigenvalue weighted by molar-refractivity contribution is 5.68. The highest BCUT2D eigenvalue weighted by Gasteiger charge is 2.47. The van der Waals surface area contributed by atoms with Crippen LogP contribution in [-0.2, 0) is 38.1 Å². The summed E-state index contributed by atoms with van der Waals surface area (Å²) in [5.41, 5.74) is 0. The third kappa shape index (κ3) is 4.97. The molecule has 0 aromatic heterocycles. The van der Waals surface area contributed by atoms with Crippen LogP contribution >= 0.6 is 0 Å². The summed E-state index contributed by atoms with van der Waals surface area (Å²) in [6.07, 6.45) is -3.24. The molecule has 1 rings (SSSR count). The minimum Gasteiger partial charge on any atom is -0.456 e. The second kappa shape index (κ2) is 7.51. The SMILES string of the molecule is CC(=O)O[C@H]1[C@H](OC(C)=O)C(N=C=O)OC[C@H]1OC(C)=O. The Morgan fingerprint density at radius 3 is 2.00 bits per heavy atom. The molecule has 0 aliphatic carbocycles. The van der Waals surface area contributed by atoms with Crippen molar-refractivity contribution in [2.45, 2.75) is 45.3 Å². The van der Waals surface area contributed by atoms with Crippen LogP contribution in [0.5, 0.6) is 0 Å². The number of carbonyl (C=O) groups excluding carboxylic acids is 4. The zero-order valence-corrected chi connectivity index (χ0v) is 11.7. The summed E-state index contributed by atoms with van der Waals surface area (Å²) in [6, 6.07) is 0. The number of aliphatic imine (C=N–C) groups is 1. The summed E-state index contributed by atoms with van der Waals surface area (Å²) in [5.74, 6) is -2.00. The molecule has 9 nitrogen and oxygen atoms in total. The van der Waals surface area contributed by atoms with Gasteiger partial charge in [-0.1, -0.05) is 0 Å². The van der Waals surface area contributed by atoms with Crippen LogP contribution < -0.4 is 0 Å². The number of nitrogens with zero attached hydrogens (tertiary/aromatic N) is 1. The number of esters is 3. The van der Waals surface area contributed by atoms with Gasteiger partial charge in [0, 0.05) is 20.8 Å². The van der Waals surface area contributed by atoms with Gasteiger partial charge in [0.05, 0.1) is 6.61 Å². The normalized spacial score (nSPS) is 28.0. The Hall–Kier alpha value is -2.25. The van der Waals surface area contributed by atoms with E-state index in [0.717, 1.165) is 13.8 Å². The standard InChI is InChI=1S/C12H15NO8/c1-6(15)19-9-4-18-12(13-5-14)11(21-8(3)17)10(9)20-7(2)16/h9-12H,4H2,1-3H3/t9-,10-,11+,12?/m1/s1. The summed E-state index contributed by atoms with van der Waals surface area (Å²) in [6.45, 7) is 3.26. The van der Waals surface area contributed by atoms with E-state index < -0.39 is 42.4 Å². The van der Waals surface area contributed by atoms with Crippen molar-refractivity contribution in [2.75, 3.05) is 6.61 Å². The number of carbonyl (C=O) groups is 3. The van der Waals surface area contributed by atoms with Gasteiger partial charge in [-0.15, -0.1) is 0 Å². The van der Waals surface area contributed by atoms with E-state index in [0.29, 0.717) is 0 Å². The summed E-state index contributed by atoms with van der Waals surface area (Å²) < 4.78 is 20.2. The minimum atomic E-state index is -1.22. The molecule has 0 N–H and O–H groups in total. The van der Waals surface area contributed by atoms with Crippen molar-refractivity contribution in [1.29, 1.82) is 0 Å². The summed E-state index contributed by atoms with van der Waals surface area (Å²) >= 11 is 0. The van der Waals surface area contributed by atoms with E-state index in [-0.39, 0.29) is 6.61 Å². The topological polar surface area (TPSA) is 118 Å². The van der Waals surface area contributed by atoms with E-state index in [2.05, 4.69) is 4.99 Å². The first-order valence-corrected chi connectivity index (χ1v) is 6.05. The van der Waals surface area contributed by atoms with Crippen molar-refractivity contribution in [2.24, 2.45) is 4.99 Å². The van der Waals surface area contributed by atoms with Crippen molar-refractivity contribution in [3.8, 4) is 0 Å². The van der Waals surface area contributed by atoms with Crippen molar-refractivity contribution in [3.63, 3.8) is 0 Å². The molecule has 1 aliphatic heterocycles. The van der Waals surface area contributed by atoms with Gasteiger partial charge in [-0.05, 0) is 0 Å². The fraction of sp³-hybridized carbons (Fsp3) is 0.667. The Kier molecular flexibility index (Phi) is 6.01. The third-order valence-electron chi connectivity index (χ3n) is 2.50. The smallest absolute Gasteiger partial charge is 0.303 e. The lowest BCUT2D eigenvalue weighted by atomic mass is 10.0. The van der Waals surface area contributed by atoms with E-state index >= 15 is 0 Å². The molecule has 0 bridgehead atoms. The van der Waals surface area contributed by atoms with Crippen LogP contribution in [-0.4, -0.2) is 55.1 Å². The first-order valence-electron chi connectivity index (χ1n) is 6.05. The molecular weight excluding hydrogens is 286 g/mol. The lowest BCUT2D eigenvalue weighted by Crippen LogP contribution is -2.56. The highest BCUT2D eigenvalue weighted by Crippen LogP contribution is 2.24. The van der Waals surface area contributed by atoms with Crippen LogP contribution in [0.2, 0.25) is 0 Å². The molecule has 1 aliphatic rings. The molecule has 0 radical (unpaired) electrons. The van der Waals surface area contributed by atoms with E-state index in [9.17, 15) is 19.2 Å². The maximum atomic E-state index is 11.2. The third-order valence-corrected chi connectivity index (χ3v) is 2.50. The predicted octanol–water partition coefficient (Wildman–Crippen LogP) is -0.526. The highest BCUT2D eigenvalue weighted by atomic mass is 16.6. The number of hydrogen-bond donors (Lipinski definition) is 0. The van der Waals surface area contributed by atoms with Crippen LogP contribution in [0.1, 0.15) is 20.8 Å². The first kappa shape index (κ1) is 16.8. The predicted molar refractivity (Wildman–Crippen MR) is 64.5 cm³/mol. The van der Waals surface area contributed by atoms with Crippen LogP contribution in [0.25, 0.3) is 0 Å². The summed E-state index contributed by atoms with van der Waals surface area (Å²) in [5, 5.41) is 0. The van der Waals surface area contributed by atoms with E-state index in [1.807, 2.05) is 0 Å². The van der Waals surface area contributed by atoms with Gasteiger partial charge < -0.3 is 18.9 Å². The van der Waals surface area contributed by atoms with Gasteiger partial charge in [-0.3, -0.25) is 14.4 Å². The lowest BCUT2D eigenvalue weighted by molar-refractivity contribution is -0.224. The molecule has 9 heteroatoms. The van der Waals surface area contributed by atoms with Gasteiger partial charge in [0.1, 0.15) is 0 Å². The Labute approximate surface area is 120 Å². The number of ether oxygens (including phenoxy) is 4. The quantitative estimate of drug-likeness (QED) is 0.294. The van der Waals surface area contributed by atoms with E-state index in [4.69, 9.17) is 18.9 Å². The summed E-state index contributed by atoms with van der Waals surface area (Å²) in [4.78, 5) is 47.2. The van der Waals surface area contributed by atoms with Crippen LogP contribution in [0.4, 0.5) is 0 Å². The van der Waals surface area contributed by atoms with Gasteiger partial charge in [0.25, 0.3) is 0 Å². The van der Waals surface area contributed by atoms with Crippen molar-refractivity contribution in [3.05, 3.63) is 0 Å². The Morgan fingerprint density at radius 1 is 1.00 bits per heavy atom. The van der Waals surface area contributed by atoms with Gasteiger partial charge >= 0.3 is 17.9 Å². The molecule has 0 amide bonds. The van der Waals surface area contributed by atoms with Crippen molar-refractivity contribution in [1.82, 2.24) is 0 Å². The zero-order chi connectivity index (χ0) is 16.0. The van der Waals surface area contributed by atoms with Gasteiger partial charge in [0.2, 0.25) is 12.3 Å². The first-order chi connectivity index (χ1) is 9.85. The van der Waals surface area contributed by atoms with E-state index in [1.54, 1.807) is 0 Å². The molecule has 0 saturated carbocycles. The van der Waals surface area contributed by atoms with Crippen LogP contribution in [0, 0.1) is 0 Å². The molecule has 1 fully saturated rings. The number of hydrogen-bond acceptors (Lipinski definition) is 9. The molecule has 116 valence electrons. The second-order valence-electron chi connectivity index (χ2n) is 4.24. The Bertz CT molecular complexity index is 470. The fourth-order valence-corrected chi connectivity index (χ4v) is 1.89. The Morgan fingerprint density at radius 2 is 1.52 bits per heavy atom. The molecule has 21 heavy (non-hydrogen) atoms. The maximum absolute atomic E-state index is 11.2. The number of rotatable bonds is 4.